The van der Waals surface area contributed by atoms with Crippen LogP contribution in [0.2, 0.25) is 10.0 Å². The van der Waals surface area contributed by atoms with Gasteiger partial charge in [0.2, 0.25) is 5.95 Å². The van der Waals surface area contributed by atoms with Crippen LogP contribution in [0.1, 0.15) is 34.0 Å². The zero-order valence-electron chi connectivity index (χ0n) is 21.6. The normalized spacial score (nSPS) is 16.4. The quantitative estimate of drug-likeness (QED) is 0.307. The van der Waals surface area contributed by atoms with Gasteiger partial charge in [0.1, 0.15) is 5.82 Å². The Morgan fingerprint density at radius 1 is 1.07 bits per heavy atom. The highest BCUT2D eigenvalue weighted by atomic mass is 35.5. The number of benzene rings is 3. The third-order valence-corrected chi connectivity index (χ3v) is 7.55. The molecule has 0 aliphatic carbocycles. The van der Waals surface area contributed by atoms with Crippen LogP contribution in [0.5, 0.6) is 0 Å². The monoisotopic (exact) mass is 574 g/mol. The molecule has 1 amide bonds. The molecule has 2 aliphatic heterocycles. The van der Waals surface area contributed by atoms with Gasteiger partial charge in [-0.3, -0.25) is 9.79 Å². The van der Waals surface area contributed by atoms with Crippen molar-refractivity contribution in [3.8, 4) is 11.3 Å². The predicted molar refractivity (Wildman–Crippen MR) is 156 cm³/mol. The third-order valence-electron chi connectivity index (χ3n) is 7.00. The lowest BCUT2D eigenvalue weighted by Crippen LogP contribution is -2.51. The van der Waals surface area contributed by atoms with Crippen molar-refractivity contribution in [3.63, 3.8) is 0 Å². The second-order valence-electron chi connectivity index (χ2n) is 9.83. The van der Waals surface area contributed by atoms with E-state index in [0.717, 1.165) is 17.7 Å². The number of halogens is 3. The second kappa shape index (κ2) is 11.0. The Labute approximate surface area is 241 Å². The average molecular weight is 575 g/mol. The molecular formula is C30H25Cl2FN6O. The van der Waals surface area contributed by atoms with Crippen LogP contribution in [0.3, 0.4) is 0 Å². The number of amides is 1. The summed E-state index contributed by atoms with van der Waals surface area (Å²) in [6, 6.07) is 17.4. The molecule has 1 unspecified atom stereocenters. The van der Waals surface area contributed by atoms with Crippen molar-refractivity contribution in [1.29, 1.82) is 0 Å². The van der Waals surface area contributed by atoms with E-state index in [-0.39, 0.29) is 24.3 Å². The number of carbonyl (C=O) groups is 1. The van der Waals surface area contributed by atoms with E-state index in [1.165, 1.54) is 6.07 Å². The van der Waals surface area contributed by atoms with Crippen LogP contribution in [0.15, 0.2) is 71.9 Å². The molecule has 1 saturated heterocycles. The maximum Gasteiger partial charge on any atom is 0.255 e. The van der Waals surface area contributed by atoms with Crippen molar-refractivity contribution in [2.24, 2.45) is 4.99 Å². The molecule has 1 fully saturated rings. The molecule has 0 spiro atoms. The summed E-state index contributed by atoms with van der Waals surface area (Å²) in [5.41, 5.74) is 4.92. The number of carbonyl (C=O) groups excluding carboxylic acids is 1. The van der Waals surface area contributed by atoms with Gasteiger partial charge in [-0.15, -0.1) is 0 Å². The van der Waals surface area contributed by atoms with Gasteiger partial charge in [0.05, 0.1) is 28.5 Å². The molecule has 3 aromatic carbocycles. The van der Waals surface area contributed by atoms with Gasteiger partial charge in [0, 0.05) is 64.8 Å². The topological polar surface area (TPSA) is 82.5 Å². The molecule has 7 nitrogen and oxygen atoms in total. The molecule has 10 heteroatoms. The number of aliphatic imine (C=N–C) groups is 1. The van der Waals surface area contributed by atoms with Crippen LogP contribution >= 0.6 is 23.2 Å². The Balaban J connectivity index is 1.31. The number of anilines is 2. The van der Waals surface area contributed by atoms with Crippen molar-refractivity contribution in [1.82, 2.24) is 20.2 Å². The standard InChI is InChI=1S/C30H25Cl2FN6O/c1-17-16-39(11-10-34-17)29(40)22-9-7-20(13-25(22)32)37-30-36-15-18-14-35-28(23-4-2-3-5-26(23)33)24-12-19(31)6-8-21(24)27(18)38-30/h2-9,12-13,15,17,34H,10-11,14,16H2,1H3,(H,36,37,38). The first-order chi connectivity index (χ1) is 19.4. The largest absolute Gasteiger partial charge is 0.336 e. The highest BCUT2D eigenvalue weighted by Gasteiger charge is 2.25. The van der Waals surface area contributed by atoms with Gasteiger partial charge in [-0.25, -0.2) is 14.4 Å². The number of nitrogens with one attached hydrogen (secondary N) is 2. The molecule has 1 aromatic heterocycles. The van der Waals surface area contributed by atoms with Gasteiger partial charge >= 0.3 is 0 Å². The molecule has 0 saturated carbocycles. The Morgan fingerprint density at radius 2 is 1.93 bits per heavy atom. The number of piperazine rings is 1. The van der Waals surface area contributed by atoms with E-state index in [2.05, 4.69) is 22.5 Å². The molecule has 0 bridgehead atoms. The third kappa shape index (κ3) is 5.18. The molecule has 4 aromatic rings. The van der Waals surface area contributed by atoms with E-state index in [9.17, 15) is 9.18 Å². The number of hydrogen-bond donors (Lipinski definition) is 2. The molecule has 0 radical (unpaired) electrons. The first-order valence-electron chi connectivity index (χ1n) is 12.9. The van der Waals surface area contributed by atoms with Crippen LogP contribution in [0, 0.1) is 5.82 Å². The molecule has 2 N–H and O–H groups in total. The van der Waals surface area contributed by atoms with Crippen molar-refractivity contribution in [2.75, 3.05) is 25.0 Å². The minimum Gasteiger partial charge on any atom is -0.336 e. The second-order valence-corrected chi connectivity index (χ2v) is 10.7. The van der Waals surface area contributed by atoms with Crippen molar-refractivity contribution in [3.05, 3.63) is 105 Å². The summed E-state index contributed by atoms with van der Waals surface area (Å²) in [6.07, 6.45) is 1.71. The fourth-order valence-corrected chi connectivity index (χ4v) is 5.48. The maximum atomic E-state index is 14.8. The summed E-state index contributed by atoms with van der Waals surface area (Å²) in [7, 11) is 0. The van der Waals surface area contributed by atoms with E-state index >= 15 is 0 Å². The summed E-state index contributed by atoms with van der Waals surface area (Å²) in [5, 5.41) is 7.39. The molecule has 6 rings (SSSR count). The summed E-state index contributed by atoms with van der Waals surface area (Å²) in [5.74, 6) is -0.107. The summed E-state index contributed by atoms with van der Waals surface area (Å²) in [6.45, 7) is 4.35. The van der Waals surface area contributed by atoms with Crippen LogP contribution in [0.4, 0.5) is 16.0 Å². The zero-order valence-corrected chi connectivity index (χ0v) is 23.1. The highest BCUT2D eigenvalue weighted by Crippen LogP contribution is 2.34. The van der Waals surface area contributed by atoms with Gasteiger partial charge in [0.25, 0.3) is 5.91 Å². The molecule has 3 heterocycles. The van der Waals surface area contributed by atoms with Gasteiger partial charge in [-0.05, 0) is 49.4 Å². The predicted octanol–water partition coefficient (Wildman–Crippen LogP) is 6.12. The Morgan fingerprint density at radius 3 is 2.73 bits per heavy atom. The summed E-state index contributed by atoms with van der Waals surface area (Å²) < 4.78 is 14.8. The SMILES string of the molecule is CC1CN(C(=O)c2ccc(Nc3ncc4c(n3)-c3ccc(Cl)cc3C(c3ccccc3F)=NC4)cc2Cl)CCN1. The summed E-state index contributed by atoms with van der Waals surface area (Å²) in [4.78, 5) is 28.9. The zero-order chi connectivity index (χ0) is 27.8. The van der Waals surface area contributed by atoms with E-state index < -0.39 is 0 Å². The van der Waals surface area contributed by atoms with E-state index in [0.29, 0.717) is 62.9 Å². The maximum absolute atomic E-state index is 14.8. The first-order valence-corrected chi connectivity index (χ1v) is 13.7. The van der Waals surface area contributed by atoms with E-state index in [4.69, 9.17) is 33.2 Å². The lowest BCUT2D eigenvalue weighted by molar-refractivity contribution is 0.0709. The van der Waals surface area contributed by atoms with Crippen molar-refractivity contribution >= 4 is 46.5 Å². The smallest absolute Gasteiger partial charge is 0.255 e. The average Bonchev–Trinajstić information content (AvgIpc) is 3.09. The highest BCUT2D eigenvalue weighted by molar-refractivity contribution is 6.34. The minimum atomic E-state index is -0.364. The lowest BCUT2D eigenvalue weighted by Gasteiger charge is -2.32. The van der Waals surface area contributed by atoms with Gasteiger partial charge < -0.3 is 15.5 Å². The van der Waals surface area contributed by atoms with E-state index in [1.54, 1.807) is 54.7 Å². The molecule has 2 aliphatic rings. The number of hydrogen-bond acceptors (Lipinski definition) is 6. The fraction of sp³-hybridized carbons (Fsp3) is 0.200. The van der Waals surface area contributed by atoms with Crippen molar-refractivity contribution in [2.45, 2.75) is 19.5 Å². The van der Waals surface area contributed by atoms with Gasteiger partial charge in [-0.1, -0.05) is 41.4 Å². The van der Waals surface area contributed by atoms with Crippen molar-refractivity contribution < 1.29 is 9.18 Å². The fourth-order valence-electron chi connectivity index (χ4n) is 5.05. The Kier molecular flexibility index (Phi) is 7.23. The molecule has 202 valence electrons. The molecule has 40 heavy (non-hydrogen) atoms. The minimum absolute atomic E-state index is 0.0906. The first kappa shape index (κ1) is 26.4. The molecule has 1 atom stereocenters. The summed E-state index contributed by atoms with van der Waals surface area (Å²) >= 11 is 12.9. The van der Waals surface area contributed by atoms with Crippen LogP contribution < -0.4 is 10.6 Å². The molecular weight excluding hydrogens is 550 g/mol. The van der Waals surface area contributed by atoms with Crippen LogP contribution in [0.25, 0.3) is 11.3 Å². The van der Waals surface area contributed by atoms with Gasteiger partial charge in [-0.2, -0.15) is 0 Å². The van der Waals surface area contributed by atoms with E-state index in [1.807, 2.05) is 11.0 Å². The lowest BCUT2D eigenvalue weighted by atomic mass is 9.95. The number of nitrogens with zero attached hydrogens (tertiary/aromatic N) is 4. The van der Waals surface area contributed by atoms with Crippen LogP contribution in [-0.4, -0.2) is 52.2 Å². The number of rotatable bonds is 4. The Bertz CT molecular complexity index is 1660. The van der Waals surface area contributed by atoms with Crippen LogP contribution in [-0.2, 0) is 6.54 Å². The Hall–Kier alpha value is -3.85. The van der Waals surface area contributed by atoms with Gasteiger partial charge in [0.15, 0.2) is 0 Å². The number of fused-ring (bicyclic) bond motifs is 3. The number of aromatic nitrogens is 2.